The Labute approximate surface area is 204 Å². The molecule has 10 nitrogen and oxygen atoms in total. The number of hydrogen-bond acceptors (Lipinski definition) is 10. The predicted molar refractivity (Wildman–Crippen MR) is 135 cm³/mol. The fourth-order valence-electron chi connectivity index (χ4n) is 4.85. The summed E-state index contributed by atoms with van der Waals surface area (Å²) in [7, 11) is -2.43. The molecule has 6 aromatic rings. The van der Waals surface area contributed by atoms with E-state index < -0.39 is 63.6 Å². The van der Waals surface area contributed by atoms with Crippen molar-refractivity contribution in [3.05, 3.63) is 42.5 Å². The molecule has 0 bridgehead atoms. The maximum atomic E-state index is 11.0. The molecule has 0 aliphatic rings. The third kappa shape index (κ3) is 2.57. The van der Waals surface area contributed by atoms with Gasteiger partial charge in [0.15, 0.2) is 23.0 Å². The SMILES string of the molecule is OB(O)c1c(O)c(O)c2c(c1O)c1c(O)c(O)c(O)c(O)c1n2-c1cccc2sc3ccccc3c12. The molecule has 0 saturated heterocycles. The molecular weight excluding hydrogens is 489 g/mol. The van der Waals surface area contributed by atoms with E-state index in [0.29, 0.717) is 11.1 Å². The number of hydrogen-bond donors (Lipinski definition) is 9. The number of aromatic nitrogens is 1. The summed E-state index contributed by atoms with van der Waals surface area (Å²) in [6.07, 6.45) is 0. The van der Waals surface area contributed by atoms with Gasteiger partial charge >= 0.3 is 7.12 Å². The topological polar surface area (TPSA) is 187 Å². The van der Waals surface area contributed by atoms with E-state index in [0.717, 1.165) is 14.8 Å². The largest absolute Gasteiger partial charge is 0.507 e. The fourth-order valence-corrected chi connectivity index (χ4v) is 5.98. The van der Waals surface area contributed by atoms with E-state index in [1.54, 1.807) is 12.1 Å². The highest BCUT2D eigenvalue weighted by atomic mass is 32.1. The van der Waals surface area contributed by atoms with Gasteiger partial charge in [-0.1, -0.05) is 24.3 Å². The lowest BCUT2D eigenvalue weighted by molar-refractivity contribution is 0.350. The van der Waals surface area contributed by atoms with Gasteiger partial charge in [0, 0.05) is 20.2 Å². The molecule has 9 N–H and O–H groups in total. The zero-order chi connectivity index (χ0) is 25.6. The second-order valence-corrected chi connectivity index (χ2v) is 9.34. The van der Waals surface area contributed by atoms with Gasteiger partial charge in [-0.15, -0.1) is 11.3 Å². The number of benzene rings is 4. The van der Waals surface area contributed by atoms with Gasteiger partial charge in [0.25, 0.3) is 0 Å². The first kappa shape index (κ1) is 22.0. The fraction of sp³-hybridized carbons (Fsp3) is 0. The van der Waals surface area contributed by atoms with Crippen molar-refractivity contribution in [3.63, 3.8) is 0 Å². The van der Waals surface area contributed by atoms with Gasteiger partial charge in [-0.2, -0.15) is 0 Å². The summed E-state index contributed by atoms with van der Waals surface area (Å²) < 4.78 is 2.95. The van der Waals surface area contributed by atoms with Crippen LogP contribution in [0.25, 0.3) is 47.7 Å². The Kier molecular flexibility index (Phi) is 4.42. The summed E-state index contributed by atoms with van der Waals surface area (Å²) in [5.41, 5.74) is -1.18. The van der Waals surface area contributed by atoms with Crippen molar-refractivity contribution in [2.45, 2.75) is 0 Å². The van der Waals surface area contributed by atoms with Crippen molar-refractivity contribution in [2.75, 3.05) is 0 Å². The van der Waals surface area contributed by atoms with Crippen LogP contribution >= 0.6 is 11.3 Å². The van der Waals surface area contributed by atoms with Crippen LogP contribution in [0.5, 0.6) is 40.2 Å². The first-order valence-corrected chi connectivity index (χ1v) is 11.3. The molecule has 0 fully saturated rings. The average molecular weight is 505 g/mol. The first-order chi connectivity index (χ1) is 17.1. The van der Waals surface area contributed by atoms with Crippen molar-refractivity contribution >= 4 is 65.9 Å². The van der Waals surface area contributed by atoms with Crippen LogP contribution in [0.15, 0.2) is 42.5 Å². The van der Waals surface area contributed by atoms with Crippen molar-refractivity contribution in [3.8, 4) is 45.9 Å². The summed E-state index contributed by atoms with van der Waals surface area (Å²) in [5, 5.41) is 94.9. The summed E-state index contributed by atoms with van der Waals surface area (Å²) in [5.74, 6) is -6.89. The van der Waals surface area contributed by atoms with Crippen LogP contribution in [0.1, 0.15) is 0 Å². The van der Waals surface area contributed by atoms with Crippen LogP contribution in [0.4, 0.5) is 0 Å². The van der Waals surface area contributed by atoms with E-state index in [1.165, 1.54) is 15.9 Å². The zero-order valence-corrected chi connectivity index (χ0v) is 18.8. The van der Waals surface area contributed by atoms with Gasteiger partial charge in [-0.05, 0) is 18.2 Å². The van der Waals surface area contributed by atoms with E-state index >= 15 is 0 Å². The van der Waals surface area contributed by atoms with Crippen molar-refractivity contribution < 1.29 is 45.8 Å². The first-order valence-electron chi connectivity index (χ1n) is 10.5. The molecule has 4 aromatic carbocycles. The second kappa shape index (κ2) is 7.24. The highest BCUT2D eigenvalue weighted by Gasteiger charge is 2.35. The maximum Gasteiger partial charge on any atom is 0.496 e. The molecule has 0 atom stereocenters. The van der Waals surface area contributed by atoms with Crippen LogP contribution < -0.4 is 5.46 Å². The van der Waals surface area contributed by atoms with E-state index in [9.17, 15) is 45.8 Å². The Morgan fingerprint density at radius 2 is 1.14 bits per heavy atom. The smallest absolute Gasteiger partial charge is 0.496 e. The minimum atomic E-state index is -2.43. The summed E-state index contributed by atoms with van der Waals surface area (Å²) in [4.78, 5) is 0. The van der Waals surface area contributed by atoms with Gasteiger partial charge in [0.05, 0.1) is 21.9 Å². The lowest BCUT2D eigenvalue weighted by Crippen LogP contribution is -2.30. The maximum absolute atomic E-state index is 11.0. The molecule has 0 saturated carbocycles. The molecule has 0 aliphatic carbocycles. The predicted octanol–water partition coefficient (Wildman–Crippen LogP) is 2.77. The van der Waals surface area contributed by atoms with Crippen LogP contribution in [-0.4, -0.2) is 57.5 Å². The summed E-state index contributed by atoms with van der Waals surface area (Å²) in [6, 6.07) is 12.6. The molecule has 0 amide bonds. The molecule has 36 heavy (non-hydrogen) atoms. The third-order valence-electron chi connectivity index (χ3n) is 6.38. The van der Waals surface area contributed by atoms with Gasteiger partial charge in [-0.25, -0.2) is 0 Å². The molecule has 12 heteroatoms. The molecule has 0 unspecified atom stereocenters. The zero-order valence-electron chi connectivity index (χ0n) is 18.0. The quantitative estimate of drug-likeness (QED) is 0.0969. The number of nitrogens with zero attached hydrogens (tertiary/aromatic N) is 1. The van der Waals surface area contributed by atoms with Crippen LogP contribution in [0.2, 0.25) is 0 Å². The second-order valence-electron chi connectivity index (χ2n) is 8.26. The normalized spacial score (nSPS) is 11.8. The molecule has 0 aliphatic heterocycles. The van der Waals surface area contributed by atoms with E-state index in [2.05, 4.69) is 0 Å². The Hall–Kier alpha value is -4.52. The Bertz CT molecular complexity index is 1910. The lowest BCUT2D eigenvalue weighted by Gasteiger charge is -2.14. The van der Waals surface area contributed by atoms with Crippen LogP contribution in [-0.2, 0) is 0 Å². The van der Waals surface area contributed by atoms with Gasteiger partial charge in [-0.3, -0.25) is 0 Å². The number of aromatic hydroxyl groups is 7. The van der Waals surface area contributed by atoms with E-state index in [1.807, 2.05) is 30.3 Å². The highest BCUT2D eigenvalue weighted by Crippen LogP contribution is 2.56. The standard InChI is InChI=1S/C24H16BNO9S/c27-18-13-14-17(22(31)24(33)23(32)19(14)28)26(16(13)21(30)20(29)15(18)25(34)35)9-5-3-7-11-12(9)8-4-1-2-6-10(8)36-11/h1-7,27-35H. The Morgan fingerprint density at radius 3 is 1.83 bits per heavy atom. The lowest BCUT2D eigenvalue weighted by atomic mass is 9.77. The molecule has 0 radical (unpaired) electrons. The van der Waals surface area contributed by atoms with Crippen molar-refractivity contribution in [2.24, 2.45) is 0 Å². The molecule has 2 heterocycles. The van der Waals surface area contributed by atoms with Crippen molar-refractivity contribution in [1.29, 1.82) is 0 Å². The Morgan fingerprint density at radius 1 is 0.556 bits per heavy atom. The molecule has 180 valence electrons. The number of fused-ring (bicyclic) bond motifs is 6. The Balaban J connectivity index is 1.97. The van der Waals surface area contributed by atoms with Crippen LogP contribution in [0, 0.1) is 0 Å². The summed E-state index contributed by atoms with van der Waals surface area (Å²) >= 11 is 1.47. The molecule has 6 rings (SSSR count). The number of phenols is 7. The molecule has 2 aromatic heterocycles. The minimum Gasteiger partial charge on any atom is -0.507 e. The highest BCUT2D eigenvalue weighted by molar-refractivity contribution is 7.25. The van der Waals surface area contributed by atoms with Crippen molar-refractivity contribution in [1.82, 2.24) is 4.57 Å². The van der Waals surface area contributed by atoms with E-state index in [4.69, 9.17) is 0 Å². The molecule has 0 spiro atoms. The number of thiophene rings is 1. The van der Waals surface area contributed by atoms with Gasteiger partial charge < -0.3 is 50.4 Å². The summed E-state index contributed by atoms with van der Waals surface area (Å²) in [6.45, 7) is 0. The average Bonchev–Trinajstić information content (AvgIpc) is 3.41. The molecular formula is C24H16BNO9S. The van der Waals surface area contributed by atoms with Gasteiger partial charge in [0.2, 0.25) is 11.5 Å². The van der Waals surface area contributed by atoms with Crippen LogP contribution in [0.3, 0.4) is 0 Å². The minimum absolute atomic E-state index is 0.324. The monoisotopic (exact) mass is 505 g/mol. The van der Waals surface area contributed by atoms with Gasteiger partial charge in [0.1, 0.15) is 16.8 Å². The van der Waals surface area contributed by atoms with E-state index in [-0.39, 0.29) is 11.0 Å². The number of rotatable bonds is 2. The third-order valence-corrected chi connectivity index (χ3v) is 7.52. The number of phenolic OH excluding ortho intramolecular Hbond substituents is 7.